The van der Waals surface area contributed by atoms with E-state index < -0.39 is 0 Å². The molecule has 176 valence electrons. The minimum Gasteiger partial charge on any atom is -0.382 e. The zero-order valence-corrected chi connectivity index (χ0v) is 20.0. The fourth-order valence-electron chi connectivity index (χ4n) is 4.57. The van der Waals surface area contributed by atoms with E-state index in [1.165, 1.54) is 6.92 Å². The van der Waals surface area contributed by atoms with Crippen LogP contribution in [0.5, 0.6) is 0 Å². The molecule has 0 fully saturated rings. The van der Waals surface area contributed by atoms with Crippen molar-refractivity contribution in [1.29, 1.82) is 0 Å². The maximum absolute atomic E-state index is 12.7. The second-order valence-corrected chi connectivity index (χ2v) is 8.83. The van der Waals surface area contributed by atoms with Crippen LogP contribution in [0, 0.1) is 0 Å². The van der Waals surface area contributed by atoms with Crippen LogP contribution in [0.2, 0.25) is 0 Å². The maximum Gasteiger partial charge on any atom is 0.163 e. The van der Waals surface area contributed by atoms with Crippen LogP contribution in [0.1, 0.15) is 78.9 Å². The molecule has 0 aliphatic rings. The summed E-state index contributed by atoms with van der Waals surface area (Å²) in [6.45, 7) is 4.50. The molecule has 4 aromatic rings. The standard InChI is InChI=1S/C28H32N4O2/c1-3-4-17-25-31-26-27(22-14-9-10-15-23(22)30-28(26)29)32(25)18-11-5-6-16-24(34)21-13-8-7-12-20(21)19(2)33/h7-10,12-15H,3-6,11,16-18H2,1-2H3,(H2,29,30). The molecule has 6 heteroatoms. The Hall–Kier alpha value is -3.54. The van der Waals surface area contributed by atoms with Crippen molar-refractivity contribution in [3.63, 3.8) is 0 Å². The molecule has 0 spiro atoms. The molecule has 0 saturated heterocycles. The Morgan fingerprint density at radius 2 is 1.65 bits per heavy atom. The summed E-state index contributed by atoms with van der Waals surface area (Å²) in [7, 11) is 0. The molecule has 34 heavy (non-hydrogen) atoms. The zero-order chi connectivity index (χ0) is 24.1. The van der Waals surface area contributed by atoms with Gasteiger partial charge in [-0.1, -0.05) is 62.2 Å². The largest absolute Gasteiger partial charge is 0.382 e. The Morgan fingerprint density at radius 3 is 2.41 bits per heavy atom. The van der Waals surface area contributed by atoms with E-state index in [9.17, 15) is 9.59 Å². The van der Waals surface area contributed by atoms with Crippen molar-refractivity contribution in [3.8, 4) is 0 Å². The summed E-state index contributed by atoms with van der Waals surface area (Å²) in [5.41, 5.74) is 10.0. The number of fused-ring (bicyclic) bond motifs is 3. The number of aryl methyl sites for hydroxylation is 2. The van der Waals surface area contributed by atoms with Crippen LogP contribution in [0.4, 0.5) is 5.82 Å². The Balaban J connectivity index is 1.49. The number of Topliss-reactive ketones (excluding diaryl/α,β-unsaturated/α-hetero) is 2. The van der Waals surface area contributed by atoms with Crippen LogP contribution < -0.4 is 5.73 Å². The van der Waals surface area contributed by atoms with Crippen LogP contribution in [-0.4, -0.2) is 26.1 Å². The first-order valence-corrected chi connectivity index (χ1v) is 12.2. The molecule has 6 nitrogen and oxygen atoms in total. The van der Waals surface area contributed by atoms with E-state index in [1.54, 1.807) is 18.2 Å². The van der Waals surface area contributed by atoms with Crippen molar-refractivity contribution in [2.75, 3.05) is 5.73 Å². The first kappa shape index (κ1) is 23.6. The van der Waals surface area contributed by atoms with E-state index in [4.69, 9.17) is 10.7 Å². The van der Waals surface area contributed by atoms with E-state index >= 15 is 0 Å². The topological polar surface area (TPSA) is 90.9 Å². The van der Waals surface area contributed by atoms with E-state index in [0.717, 1.165) is 72.8 Å². The van der Waals surface area contributed by atoms with Gasteiger partial charge in [-0.05, 0) is 32.3 Å². The van der Waals surface area contributed by atoms with Gasteiger partial charge in [-0.25, -0.2) is 9.97 Å². The number of benzene rings is 2. The number of pyridine rings is 1. The van der Waals surface area contributed by atoms with Gasteiger partial charge in [0.15, 0.2) is 17.4 Å². The quantitative estimate of drug-likeness (QED) is 0.216. The molecular formula is C28H32N4O2. The number of carbonyl (C=O) groups excluding carboxylic acids is 2. The third kappa shape index (κ3) is 4.86. The molecule has 2 aromatic heterocycles. The molecule has 2 aromatic carbocycles. The van der Waals surface area contributed by atoms with Crippen molar-refractivity contribution >= 4 is 39.3 Å². The SMILES string of the molecule is CCCCc1nc2c(N)nc3ccccc3c2n1CCCCCC(=O)c1ccccc1C(C)=O. The monoisotopic (exact) mass is 456 g/mol. The smallest absolute Gasteiger partial charge is 0.163 e. The van der Waals surface area contributed by atoms with Crippen LogP contribution >= 0.6 is 0 Å². The number of hydrogen-bond donors (Lipinski definition) is 1. The number of nitrogens with zero attached hydrogens (tertiary/aromatic N) is 3. The van der Waals surface area contributed by atoms with Crippen molar-refractivity contribution in [2.24, 2.45) is 0 Å². The van der Waals surface area contributed by atoms with Gasteiger partial charge in [-0.3, -0.25) is 9.59 Å². The highest BCUT2D eigenvalue weighted by Gasteiger charge is 2.17. The van der Waals surface area contributed by atoms with Gasteiger partial charge in [-0.15, -0.1) is 0 Å². The summed E-state index contributed by atoms with van der Waals surface area (Å²) < 4.78 is 2.30. The molecule has 0 aliphatic heterocycles. The summed E-state index contributed by atoms with van der Waals surface area (Å²) in [6.07, 6.45) is 6.14. The van der Waals surface area contributed by atoms with Gasteiger partial charge in [-0.2, -0.15) is 0 Å². The second-order valence-electron chi connectivity index (χ2n) is 8.83. The Labute approximate surface area is 200 Å². The number of carbonyl (C=O) groups is 2. The molecule has 0 bridgehead atoms. The van der Waals surface area contributed by atoms with E-state index in [0.29, 0.717) is 23.4 Å². The lowest BCUT2D eigenvalue weighted by molar-refractivity contribution is 0.0959. The Bertz CT molecular complexity index is 1340. The zero-order valence-electron chi connectivity index (χ0n) is 20.0. The summed E-state index contributed by atoms with van der Waals surface area (Å²) in [4.78, 5) is 34.0. The Morgan fingerprint density at radius 1 is 0.912 bits per heavy atom. The lowest BCUT2D eigenvalue weighted by Gasteiger charge is -2.11. The third-order valence-corrected chi connectivity index (χ3v) is 6.34. The number of anilines is 1. The van der Waals surface area contributed by atoms with Gasteiger partial charge in [0.1, 0.15) is 11.3 Å². The predicted octanol–water partition coefficient (Wildman–Crippen LogP) is 6.16. The number of aromatic nitrogens is 3. The van der Waals surface area contributed by atoms with Crippen molar-refractivity contribution in [2.45, 2.75) is 65.3 Å². The number of nitrogens with two attached hydrogens (primary N) is 1. The number of rotatable bonds is 11. The highest BCUT2D eigenvalue weighted by atomic mass is 16.1. The molecule has 4 rings (SSSR count). The molecule has 0 amide bonds. The molecule has 0 aliphatic carbocycles. The van der Waals surface area contributed by atoms with Gasteiger partial charge in [0.05, 0.1) is 11.0 Å². The number of para-hydroxylation sites is 1. The van der Waals surface area contributed by atoms with E-state index in [-0.39, 0.29) is 11.6 Å². The molecule has 0 saturated carbocycles. The maximum atomic E-state index is 12.7. The lowest BCUT2D eigenvalue weighted by Crippen LogP contribution is -2.07. The molecule has 2 N–H and O–H groups in total. The van der Waals surface area contributed by atoms with Crippen LogP contribution in [0.3, 0.4) is 0 Å². The fraction of sp³-hybridized carbons (Fsp3) is 0.357. The number of unbranched alkanes of at least 4 members (excludes halogenated alkanes) is 3. The molecule has 2 heterocycles. The van der Waals surface area contributed by atoms with Crippen molar-refractivity contribution in [3.05, 3.63) is 65.5 Å². The number of hydrogen-bond acceptors (Lipinski definition) is 5. The average Bonchev–Trinajstić information content (AvgIpc) is 3.21. The van der Waals surface area contributed by atoms with Gasteiger partial charge >= 0.3 is 0 Å². The molecule has 0 radical (unpaired) electrons. The van der Waals surface area contributed by atoms with Gasteiger partial charge < -0.3 is 10.3 Å². The van der Waals surface area contributed by atoms with Gasteiger partial charge in [0.2, 0.25) is 0 Å². The second kappa shape index (κ2) is 10.6. The normalized spacial score (nSPS) is 11.4. The van der Waals surface area contributed by atoms with Crippen LogP contribution in [0.15, 0.2) is 48.5 Å². The highest BCUT2D eigenvalue weighted by Crippen LogP contribution is 2.29. The minimum atomic E-state index is -0.0727. The number of ketones is 2. The first-order chi connectivity index (χ1) is 16.5. The summed E-state index contributed by atoms with van der Waals surface area (Å²) in [5, 5.41) is 1.07. The summed E-state index contributed by atoms with van der Waals surface area (Å²) >= 11 is 0. The van der Waals surface area contributed by atoms with Gasteiger partial charge in [0, 0.05) is 35.9 Å². The summed E-state index contributed by atoms with van der Waals surface area (Å²) in [6, 6.07) is 15.1. The average molecular weight is 457 g/mol. The highest BCUT2D eigenvalue weighted by molar-refractivity contribution is 6.08. The van der Waals surface area contributed by atoms with Crippen molar-refractivity contribution in [1.82, 2.24) is 14.5 Å². The van der Waals surface area contributed by atoms with Crippen LogP contribution in [0.25, 0.3) is 21.9 Å². The Kier molecular flexibility index (Phi) is 7.36. The number of nitrogen functional groups attached to an aromatic ring is 1. The molecular weight excluding hydrogens is 424 g/mol. The van der Waals surface area contributed by atoms with Gasteiger partial charge in [0.25, 0.3) is 0 Å². The summed E-state index contributed by atoms with van der Waals surface area (Å²) in [5.74, 6) is 1.48. The van der Waals surface area contributed by atoms with Crippen LogP contribution in [-0.2, 0) is 13.0 Å². The van der Waals surface area contributed by atoms with E-state index in [1.807, 2.05) is 24.3 Å². The fourth-order valence-corrected chi connectivity index (χ4v) is 4.57. The third-order valence-electron chi connectivity index (χ3n) is 6.34. The number of imidazole rings is 1. The predicted molar refractivity (Wildman–Crippen MR) is 137 cm³/mol. The molecule has 0 unspecified atom stereocenters. The van der Waals surface area contributed by atoms with Crippen molar-refractivity contribution < 1.29 is 9.59 Å². The minimum absolute atomic E-state index is 0.0346. The van der Waals surface area contributed by atoms with E-state index in [2.05, 4.69) is 22.5 Å². The lowest BCUT2D eigenvalue weighted by atomic mass is 9.97. The molecule has 0 atom stereocenters. The first-order valence-electron chi connectivity index (χ1n) is 12.2.